The Balaban J connectivity index is 2.02. The van der Waals surface area contributed by atoms with Gasteiger partial charge in [-0.05, 0) is 38.1 Å². The maximum Gasteiger partial charge on any atom is 0.335 e. The SMILES string of the molecule is CN1CCC(CN(C)c2cc(C(=O)O)ccn2)C1. The van der Waals surface area contributed by atoms with E-state index in [9.17, 15) is 4.79 Å². The zero-order valence-corrected chi connectivity index (χ0v) is 10.8. The molecule has 1 aliphatic rings. The normalized spacial score (nSPS) is 20.0. The third-order valence-corrected chi connectivity index (χ3v) is 3.40. The molecule has 1 fully saturated rings. The Morgan fingerprint density at radius 2 is 2.44 bits per heavy atom. The maximum atomic E-state index is 10.9. The highest BCUT2D eigenvalue weighted by Gasteiger charge is 2.21. The highest BCUT2D eigenvalue weighted by atomic mass is 16.4. The summed E-state index contributed by atoms with van der Waals surface area (Å²) in [6.07, 6.45) is 2.75. The van der Waals surface area contributed by atoms with E-state index in [1.165, 1.54) is 12.5 Å². The number of anilines is 1. The van der Waals surface area contributed by atoms with E-state index in [4.69, 9.17) is 5.11 Å². The van der Waals surface area contributed by atoms with Gasteiger partial charge in [-0.1, -0.05) is 0 Å². The molecule has 1 saturated heterocycles. The third kappa shape index (κ3) is 2.98. The van der Waals surface area contributed by atoms with Crippen LogP contribution in [0.15, 0.2) is 18.3 Å². The van der Waals surface area contributed by atoms with Crippen LogP contribution in [0.4, 0.5) is 5.82 Å². The predicted molar refractivity (Wildman–Crippen MR) is 70.1 cm³/mol. The highest BCUT2D eigenvalue weighted by Crippen LogP contribution is 2.18. The van der Waals surface area contributed by atoms with Crippen molar-refractivity contribution in [2.75, 3.05) is 38.6 Å². The molecule has 98 valence electrons. The van der Waals surface area contributed by atoms with Crippen LogP contribution in [0.5, 0.6) is 0 Å². The van der Waals surface area contributed by atoms with Gasteiger partial charge in [-0.25, -0.2) is 9.78 Å². The van der Waals surface area contributed by atoms with Gasteiger partial charge in [-0.2, -0.15) is 0 Å². The van der Waals surface area contributed by atoms with Crippen molar-refractivity contribution >= 4 is 11.8 Å². The maximum absolute atomic E-state index is 10.9. The van der Waals surface area contributed by atoms with Crippen LogP contribution in [-0.4, -0.2) is 54.7 Å². The lowest BCUT2D eigenvalue weighted by Crippen LogP contribution is -2.28. The minimum atomic E-state index is -0.910. The summed E-state index contributed by atoms with van der Waals surface area (Å²) >= 11 is 0. The quantitative estimate of drug-likeness (QED) is 0.868. The molecular weight excluding hydrogens is 230 g/mol. The van der Waals surface area contributed by atoms with Gasteiger partial charge >= 0.3 is 5.97 Å². The summed E-state index contributed by atoms with van der Waals surface area (Å²) in [6, 6.07) is 3.14. The summed E-state index contributed by atoms with van der Waals surface area (Å²) in [7, 11) is 4.09. The largest absolute Gasteiger partial charge is 0.478 e. The van der Waals surface area contributed by atoms with Crippen LogP contribution in [0.2, 0.25) is 0 Å². The first kappa shape index (κ1) is 12.8. The second-order valence-corrected chi connectivity index (χ2v) is 5.01. The van der Waals surface area contributed by atoms with Gasteiger partial charge in [0.25, 0.3) is 0 Å². The fourth-order valence-corrected chi connectivity index (χ4v) is 2.42. The Morgan fingerprint density at radius 3 is 3.06 bits per heavy atom. The molecule has 2 rings (SSSR count). The van der Waals surface area contributed by atoms with Crippen molar-refractivity contribution in [2.45, 2.75) is 6.42 Å². The van der Waals surface area contributed by atoms with Gasteiger partial charge in [0.2, 0.25) is 0 Å². The molecule has 1 N–H and O–H groups in total. The molecule has 0 bridgehead atoms. The number of aromatic nitrogens is 1. The van der Waals surface area contributed by atoms with Crippen molar-refractivity contribution in [1.29, 1.82) is 0 Å². The molecule has 0 saturated carbocycles. The van der Waals surface area contributed by atoms with E-state index in [-0.39, 0.29) is 5.56 Å². The monoisotopic (exact) mass is 249 g/mol. The molecule has 0 aromatic carbocycles. The Bertz CT molecular complexity index is 436. The smallest absolute Gasteiger partial charge is 0.335 e. The number of hydrogen-bond acceptors (Lipinski definition) is 4. The van der Waals surface area contributed by atoms with Crippen molar-refractivity contribution in [3.8, 4) is 0 Å². The second kappa shape index (κ2) is 5.35. The van der Waals surface area contributed by atoms with E-state index in [2.05, 4.69) is 16.9 Å². The molecule has 1 aliphatic heterocycles. The van der Waals surface area contributed by atoms with E-state index < -0.39 is 5.97 Å². The van der Waals surface area contributed by atoms with Gasteiger partial charge in [0.05, 0.1) is 5.56 Å². The molecular formula is C13H19N3O2. The first-order chi connectivity index (χ1) is 8.56. The van der Waals surface area contributed by atoms with E-state index in [1.54, 1.807) is 12.3 Å². The fourth-order valence-electron chi connectivity index (χ4n) is 2.42. The van der Waals surface area contributed by atoms with Crippen molar-refractivity contribution in [1.82, 2.24) is 9.88 Å². The zero-order chi connectivity index (χ0) is 13.1. The number of aromatic carboxylic acids is 1. The van der Waals surface area contributed by atoms with E-state index in [0.717, 1.165) is 25.5 Å². The van der Waals surface area contributed by atoms with E-state index in [1.807, 2.05) is 11.9 Å². The molecule has 0 spiro atoms. The average Bonchev–Trinajstić information content (AvgIpc) is 2.75. The second-order valence-electron chi connectivity index (χ2n) is 5.01. The number of carboxylic acids is 1. The van der Waals surface area contributed by atoms with Crippen LogP contribution >= 0.6 is 0 Å². The van der Waals surface area contributed by atoms with Crippen LogP contribution in [0, 0.1) is 5.92 Å². The molecule has 1 atom stereocenters. The van der Waals surface area contributed by atoms with Crippen LogP contribution in [-0.2, 0) is 0 Å². The first-order valence-corrected chi connectivity index (χ1v) is 6.15. The number of pyridine rings is 1. The molecule has 2 heterocycles. The summed E-state index contributed by atoms with van der Waals surface area (Å²) in [4.78, 5) is 19.5. The molecule has 5 nitrogen and oxygen atoms in total. The summed E-state index contributed by atoms with van der Waals surface area (Å²) in [5, 5.41) is 8.96. The number of carboxylic acid groups (broad SMARTS) is 1. The Hall–Kier alpha value is -1.62. The predicted octanol–water partition coefficient (Wildman–Crippen LogP) is 1.17. The fraction of sp³-hybridized carbons (Fsp3) is 0.538. The molecule has 0 radical (unpaired) electrons. The van der Waals surface area contributed by atoms with Gasteiger partial charge in [0.1, 0.15) is 5.82 Å². The number of carbonyl (C=O) groups is 1. The first-order valence-electron chi connectivity index (χ1n) is 6.15. The lowest BCUT2D eigenvalue weighted by atomic mass is 10.1. The van der Waals surface area contributed by atoms with Crippen molar-refractivity contribution in [3.05, 3.63) is 23.9 Å². The number of hydrogen-bond donors (Lipinski definition) is 1. The molecule has 1 aromatic rings. The van der Waals surface area contributed by atoms with Crippen molar-refractivity contribution < 1.29 is 9.90 Å². The van der Waals surface area contributed by atoms with Gasteiger partial charge in [0.15, 0.2) is 0 Å². The van der Waals surface area contributed by atoms with Crippen molar-refractivity contribution in [2.24, 2.45) is 5.92 Å². The number of rotatable bonds is 4. The van der Waals surface area contributed by atoms with Crippen molar-refractivity contribution in [3.63, 3.8) is 0 Å². The van der Waals surface area contributed by atoms with Crippen LogP contribution in [0.3, 0.4) is 0 Å². The Morgan fingerprint density at radius 1 is 1.67 bits per heavy atom. The van der Waals surface area contributed by atoms with Gasteiger partial charge in [0, 0.05) is 26.3 Å². The lowest BCUT2D eigenvalue weighted by molar-refractivity contribution is 0.0697. The summed E-state index contributed by atoms with van der Waals surface area (Å²) < 4.78 is 0. The van der Waals surface area contributed by atoms with Crippen LogP contribution in [0.1, 0.15) is 16.8 Å². The van der Waals surface area contributed by atoms with Gasteiger partial charge in [-0.15, -0.1) is 0 Å². The summed E-state index contributed by atoms with van der Waals surface area (Å²) in [6.45, 7) is 3.16. The number of likely N-dealkylation sites (tertiary alicyclic amines) is 1. The lowest BCUT2D eigenvalue weighted by Gasteiger charge is -2.22. The third-order valence-electron chi connectivity index (χ3n) is 3.40. The summed E-state index contributed by atoms with van der Waals surface area (Å²) in [5.41, 5.74) is 0.287. The van der Waals surface area contributed by atoms with E-state index >= 15 is 0 Å². The zero-order valence-electron chi connectivity index (χ0n) is 10.8. The molecule has 18 heavy (non-hydrogen) atoms. The number of nitrogens with zero attached hydrogens (tertiary/aromatic N) is 3. The minimum Gasteiger partial charge on any atom is -0.478 e. The molecule has 0 amide bonds. The highest BCUT2D eigenvalue weighted by molar-refractivity contribution is 5.88. The average molecular weight is 249 g/mol. The Kier molecular flexibility index (Phi) is 3.81. The van der Waals surface area contributed by atoms with Crippen LogP contribution < -0.4 is 4.90 Å². The molecule has 1 aromatic heterocycles. The molecule has 0 aliphatic carbocycles. The van der Waals surface area contributed by atoms with Gasteiger partial charge in [-0.3, -0.25) is 0 Å². The van der Waals surface area contributed by atoms with Crippen LogP contribution in [0.25, 0.3) is 0 Å². The molecule has 5 heteroatoms. The topological polar surface area (TPSA) is 56.7 Å². The molecule has 1 unspecified atom stereocenters. The van der Waals surface area contributed by atoms with E-state index in [0.29, 0.717) is 5.92 Å². The summed E-state index contributed by atoms with van der Waals surface area (Å²) in [5.74, 6) is 0.451. The minimum absolute atomic E-state index is 0.287. The standard InChI is InChI=1S/C13H19N3O2/c1-15-6-4-10(8-15)9-16(2)12-7-11(13(17)18)3-5-14-12/h3,5,7,10H,4,6,8-9H2,1-2H3,(H,17,18). The Labute approximate surface area is 107 Å². The van der Waals surface area contributed by atoms with Gasteiger partial charge < -0.3 is 14.9 Å².